The van der Waals surface area contributed by atoms with Crippen LogP contribution >= 0.6 is 0 Å². The molecule has 2 aromatic rings. The average Bonchev–Trinajstić information content (AvgIpc) is 2.38. The van der Waals surface area contributed by atoms with E-state index in [2.05, 4.69) is 5.32 Å². The Labute approximate surface area is 118 Å². The third-order valence-corrected chi connectivity index (χ3v) is 2.79. The SMILES string of the molecule is Cc1ccc([N+](=O)[O-])c(NC(=O)c2c(F)cccc2F)c1. The lowest BCUT2D eigenvalue weighted by molar-refractivity contribution is -0.383. The number of aryl methyl sites for hydroxylation is 1. The Morgan fingerprint density at radius 1 is 1.19 bits per heavy atom. The van der Waals surface area contributed by atoms with Crippen LogP contribution in [0.2, 0.25) is 0 Å². The molecule has 0 aliphatic carbocycles. The summed E-state index contributed by atoms with van der Waals surface area (Å²) in [5, 5.41) is 13.1. The summed E-state index contributed by atoms with van der Waals surface area (Å²) in [6.45, 7) is 1.67. The highest BCUT2D eigenvalue weighted by Crippen LogP contribution is 2.26. The molecule has 2 aromatic carbocycles. The number of hydrogen-bond donors (Lipinski definition) is 1. The van der Waals surface area contributed by atoms with Crippen LogP contribution in [0.5, 0.6) is 0 Å². The zero-order chi connectivity index (χ0) is 15.6. The lowest BCUT2D eigenvalue weighted by Gasteiger charge is -2.08. The highest BCUT2D eigenvalue weighted by Gasteiger charge is 2.21. The van der Waals surface area contributed by atoms with Crippen molar-refractivity contribution >= 4 is 17.3 Å². The number of rotatable bonds is 3. The van der Waals surface area contributed by atoms with Crippen LogP contribution in [0.4, 0.5) is 20.2 Å². The van der Waals surface area contributed by atoms with Crippen molar-refractivity contribution in [2.75, 3.05) is 5.32 Å². The number of amides is 1. The van der Waals surface area contributed by atoms with Crippen molar-refractivity contribution in [3.05, 3.63) is 69.3 Å². The summed E-state index contributed by atoms with van der Waals surface area (Å²) < 4.78 is 27.0. The second-order valence-electron chi connectivity index (χ2n) is 4.33. The van der Waals surface area contributed by atoms with Gasteiger partial charge in [0.25, 0.3) is 11.6 Å². The van der Waals surface area contributed by atoms with Gasteiger partial charge in [0.2, 0.25) is 0 Å². The normalized spacial score (nSPS) is 10.2. The summed E-state index contributed by atoms with van der Waals surface area (Å²) in [7, 11) is 0. The summed E-state index contributed by atoms with van der Waals surface area (Å²) in [4.78, 5) is 22.1. The lowest BCUT2D eigenvalue weighted by Crippen LogP contribution is -2.16. The molecular formula is C14H10F2N2O3. The van der Waals surface area contributed by atoms with Crippen molar-refractivity contribution in [2.45, 2.75) is 6.92 Å². The highest BCUT2D eigenvalue weighted by atomic mass is 19.1. The Kier molecular flexibility index (Phi) is 3.93. The molecule has 21 heavy (non-hydrogen) atoms. The summed E-state index contributed by atoms with van der Waals surface area (Å²) in [6, 6.07) is 7.05. The fourth-order valence-corrected chi connectivity index (χ4v) is 1.81. The van der Waals surface area contributed by atoms with Crippen molar-refractivity contribution in [1.82, 2.24) is 0 Å². The predicted molar refractivity (Wildman–Crippen MR) is 72.1 cm³/mol. The topological polar surface area (TPSA) is 72.2 Å². The maximum Gasteiger partial charge on any atom is 0.292 e. The minimum atomic E-state index is -1.08. The molecular weight excluding hydrogens is 282 g/mol. The average molecular weight is 292 g/mol. The van der Waals surface area contributed by atoms with E-state index < -0.39 is 28.0 Å². The van der Waals surface area contributed by atoms with Crippen LogP contribution in [0, 0.1) is 28.7 Å². The zero-order valence-corrected chi connectivity index (χ0v) is 10.9. The van der Waals surface area contributed by atoms with E-state index in [0.29, 0.717) is 5.56 Å². The fraction of sp³-hybridized carbons (Fsp3) is 0.0714. The van der Waals surface area contributed by atoms with Gasteiger partial charge in [-0.3, -0.25) is 14.9 Å². The third-order valence-electron chi connectivity index (χ3n) is 2.79. The second-order valence-corrected chi connectivity index (χ2v) is 4.33. The van der Waals surface area contributed by atoms with Gasteiger partial charge in [0.05, 0.1) is 4.92 Å². The number of carbonyl (C=O) groups excluding carboxylic acids is 1. The molecule has 0 unspecified atom stereocenters. The molecule has 108 valence electrons. The van der Waals surface area contributed by atoms with E-state index in [-0.39, 0.29) is 11.4 Å². The van der Waals surface area contributed by atoms with E-state index >= 15 is 0 Å². The maximum atomic E-state index is 13.5. The Hall–Kier alpha value is -2.83. The molecule has 0 atom stereocenters. The van der Waals surface area contributed by atoms with Crippen LogP contribution < -0.4 is 5.32 Å². The van der Waals surface area contributed by atoms with Gasteiger partial charge in [-0.05, 0) is 30.7 Å². The number of halogens is 2. The molecule has 1 amide bonds. The minimum absolute atomic E-state index is 0.118. The predicted octanol–water partition coefficient (Wildman–Crippen LogP) is 3.43. The van der Waals surface area contributed by atoms with Crippen LogP contribution in [0.25, 0.3) is 0 Å². The van der Waals surface area contributed by atoms with Crippen molar-refractivity contribution in [1.29, 1.82) is 0 Å². The van der Waals surface area contributed by atoms with Crippen LogP contribution in [0.1, 0.15) is 15.9 Å². The van der Waals surface area contributed by atoms with Crippen molar-refractivity contribution < 1.29 is 18.5 Å². The first-order chi connectivity index (χ1) is 9.90. The van der Waals surface area contributed by atoms with E-state index in [0.717, 1.165) is 18.2 Å². The van der Waals surface area contributed by atoms with Gasteiger partial charge in [0.15, 0.2) is 0 Å². The van der Waals surface area contributed by atoms with E-state index in [1.54, 1.807) is 6.92 Å². The molecule has 0 fully saturated rings. The van der Waals surface area contributed by atoms with Crippen LogP contribution in [-0.2, 0) is 0 Å². The summed E-state index contributed by atoms with van der Waals surface area (Å²) in [5.74, 6) is -3.16. The molecule has 0 aromatic heterocycles. The molecule has 0 radical (unpaired) electrons. The maximum absolute atomic E-state index is 13.5. The number of carbonyl (C=O) groups is 1. The quantitative estimate of drug-likeness (QED) is 0.695. The number of nitro benzene ring substituents is 1. The van der Waals surface area contributed by atoms with Crippen LogP contribution in [0.3, 0.4) is 0 Å². The Morgan fingerprint density at radius 2 is 1.81 bits per heavy atom. The zero-order valence-electron chi connectivity index (χ0n) is 10.9. The summed E-state index contributed by atoms with van der Waals surface area (Å²) in [6.07, 6.45) is 0. The molecule has 0 saturated heterocycles. The summed E-state index contributed by atoms with van der Waals surface area (Å²) >= 11 is 0. The Balaban J connectivity index is 2.40. The molecule has 2 rings (SSSR count). The van der Waals surface area contributed by atoms with Gasteiger partial charge < -0.3 is 5.32 Å². The van der Waals surface area contributed by atoms with Gasteiger partial charge >= 0.3 is 0 Å². The Morgan fingerprint density at radius 3 is 2.38 bits per heavy atom. The lowest BCUT2D eigenvalue weighted by atomic mass is 10.1. The standard InChI is InChI=1S/C14H10F2N2O3/c1-8-5-6-12(18(20)21)11(7-8)17-14(19)13-9(15)3-2-4-10(13)16/h2-7H,1H3,(H,17,19). The van der Waals surface area contributed by atoms with Crippen molar-refractivity contribution in [2.24, 2.45) is 0 Å². The molecule has 0 aliphatic rings. The molecule has 7 heteroatoms. The third kappa shape index (κ3) is 3.02. The highest BCUT2D eigenvalue weighted by molar-refractivity contribution is 6.05. The molecule has 0 saturated carbocycles. The number of benzene rings is 2. The van der Waals surface area contributed by atoms with E-state index in [4.69, 9.17) is 0 Å². The first-order valence-electron chi connectivity index (χ1n) is 5.90. The van der Waals surface area contributed by atoms with E-state index in [9.17, 15) is 23.7 Å². The molecule has 0 spiro atoms. The van der Waals surface area contributed by atoms with Gasteiger partial charge in [-0.1, -0.05) is 12.1 Å². The van der Waals surface area contributed by atoms with Gasteiger partial charge in [0.1, 0.15) is 22.9 Å². The first-order valence-corrected chi connectivity index (χ1v) is 5.90. The molecule has 0 bridgehead atoms. The number of anilines is 1. The minimum Gasteiger partial charge on any atom is -0.316 e. The van der Waals surface area contributed by atoms with Gasteiger partial charge in [-0.25, -0.2) is 8.78 Å². The monoisotopic (exact) mass is 292 g/mol. The molecule has 0 heterocycles. The van der Waals surface area contributed by atoms with Gasteiger partial charge in [0, 0.05) is 6.07 Å². The van der Waals surface area contributed by atoms with E-state index in [1.165, 1.54) is 18.2 Å². The van der Waals surface area contributed by atoms with Gasteiger partial charge in [-0.2, -0.15) is 0 Å². The van der Waals surface area contributed by atoms with Crippen molar-refractivity contribution in [3.8, 4) is 0 Å². The molecule has 1 N–H and O–H groups in total. The Bertz CT molecular complexity index is 712. The number of nitrogens with zero attached hydrogens (tertiary/aromatic N) is 1. The largest absolute Gasteiger partial charge is 0.316 e. The molecule has 5 nitrogen and oxygen atoms in total. The van der Waals surface area contributed by atoms with Crippen molar-refractivity contribution in [3.63, 3.8) is 0 Å². The van der Waals surface area contributed by atoms with Gasteiger partial charge in [-0.15, -0.1) is 0 Å². The smallest absolute Gasteiger partial charge is 0.292 e. The first kappa shape index (κ1) is 14.6. The second kappa shape index (κ2) is 5.66. The molecule has 0 aliphatic heterocycles. The number of hydrogen-bond acceptors (Lipinski definition) is 3. The van der Waals surface area contributed by atoms with Crippen LogP contribution in [0.15, 0.2) is 36.4 Å². The van der Waals surface area contributed by atoms with Crippen LogP contribution in [-0.4, -0.2) is 10.8 Å². The van der Waals surface area contributed by atoms with E-state index in [1.807, 2.05) is 0 Å². The summed E-state index contributed by atoms with van der Waals surface area (Å²) in [5.41, 5.74) is -0.600. The number of nitrogens with one attached hydrogen (secondary N) is 1. The number of nitro groups is 1. The fourth-order valence-electron chi connectivity index (χ4n) is 1.81.